The first-order valence-electron chi connectivity index (χ1n) is 15.7. The third kappa shape index (κ3) is 6.89. The summed E-state index contributed by atoms with van der Waals surface area (Å²) in [4.78, 5) is 27.6. The van der Waals surface area contributed by atoms with Crippen molar-refractivity contribution >= 4 is 17.5 Å². The van der Waals surface area contributed by atoms with Crippen molar-refractivity contribution in [2.75, 3.05) is 12.4 Å². The van der Waals surface area contributed by atoms with Gasteiger partial charge in [0.1, 0.15) is 11.6 Å². The number of hydrogen-bond acceptors (Lipinski definition) is 5. The fourth-order valence-electron chi connectivity index (χ4n) is 7.28. The summed E-state index contributed by atoms with van der Waals surface area (Å²) in [7, 11) is 1.47. The zero-order valence-corrected chi connectivity index (χ0v) is 25.0. The van der Waals surface area contributed by atoms with Crippen molar-refractivity contribution in [3.63, 3.8) is 0 Å². The van der Waals surface area contributed by atoms with Crippen LogP contribution in [0.3, 0.4) is 0 Å². The second-order valence-corrected chi connectivity index (χ2v) is 12.8. The van der Waals surface area contributed by atoms with Crippen molar-refractivity contribution < 1.29 is 41.7 Å². The number of nitrogens with one attached hydrogen (secondary N) is 2. The van der Waals surface area contributed by atoms with Crippen LogP contribution in [-0.4, -0.2) is 42.3 Å². The van der Waals surface area contributed by atoms with Crippen molar-refractivity contribution in [3.05, 3.63) is 70.6 Å². The number of aliphatic hydroxyl groups is 1. The second kappa shape index (κ2) is 12.7. The number of anilines is 1. The number of allylic oxidation sites excluding steroid dienone is 1. The number of halogens is 4. The van der Waals surface area contributed by atoms with Crippen LogP contribution >= 0.6 is 0 Å². The Morgan fingerprint density at radius 3 is 2.40 bits per heavy atom. The van der Waals surface area contributed by atoms with Crippen LogP contribution in [0.5, 0.6) is 5.75 Å². The van der Waals surface area contributed by atoms with Crippen LogP contribution in [0.2, 0.25) is 0 Å². The molecule has 242 valence electrons. The molecule has 4 aliphatic rings. The van der Waals surface area contributed by atoms with Crippen LogP contribution < -0.4 is 15.4 Å². The number of carbonyl (C=O) groups excluding carboxylic acids is 2. The van der Waals surface area contributed by atoms with Gasteiger partial charge in [0, 0.05) is 17.6 Å². The maximum absolute atomic E-state index is 13.9. The first-order valence-corrected chi connectivity index (χ1v) is 15.7. The quantitative estimate of drug-likeness (QED) is 0.220. The Kier molecular flexibility index (Phi) is 8.94. The van der Waals surface area contributed by atoms with E-state index in [9.17, 15) is 32.3 Å². The SMILES string of the molecule is COc1ccc(COC2CCC(O)CC2)cc1C(=O)N[C@H]1[C@@H](C(=O)Nc2ccc(F)c(C(F)(F)F)c2)[C@H]2CC[C@@H]1/C2=C\C1CC1. The summed E-state index contributed by atoms with van der Waals surface area (Å²) in [6.45, 7) is 0.288. The largest absolute Gasteiger partial charge is 0.496 e. The van der Waals surface area contributed by atoms with Crippen molar-refractivity contribution in [1.29, 1.82) is 0 Å². The van der Waals surface area contributed by atoms with E-state index < -0.39 is 41.3 Å². The van der Waals surface area contributed by atoms with Gasteiger partial charge >= 0.3 is 6.18 Å². The average Bonchev–Trinajstić information content (AvgIpc) is 3.69. The Bertz CT molecular complexity index is 1460. The summed E-state index contributed by atoms with van der Waals surface area (Å²) in [5.74, 6) is -2.49. The Morgan fingerprint density at radius 1 is 0.978 bits per heavy atom. The number of fused-ring (bicyclic) bond motifs is 2. The van der Waals surface area contributed by atoms with Crippen LogP contribution in [-0.2, 0) is 22.3 Å². The van der Waals surface area contributed by atoms with E-state index in [2.05, 4.69) is 16.7 Å². The number of ether oxygens (including phenoxy) is 2. The molecular weight excluding hydrogens is 592 g/mol. The Balaban J connectivity index is 1.22. The number of carbonyl (C=O) groups is 2. The fraction of sp³-hybridized carbons (Fsp3) is 0.529. The lowest BCUT2D eigenvalue weighted by Gasteiger charge is -2.30. The molecule has 6 rings (SSSR count). The molecular formula is C34H38F4N2O5. The highest BCUT2D eigenvalue weighted by Crippen LogP contribution is 2.54. The minimum absolute atomic E-state index is 0.0334. The molecule has 2 aromatic carbocycles. The van der Waals surface area contributed by atoms with Crippen LogP contribution in [0.25, 0.3) is 0 Å². The third-order valence-corrected chi connectivity index (χ3v) is 9.73. The zero-order valence-electron chi connectivity index (χ0n) is 25.0. The first kappa shape index (κ1) is 31.5. The smallest absolute Gasteiger partial charge is 0.419 e. The second-order valence-electron chi connectivity index (χ2n) is 12.8. The number of methoxy groups -OCH3 is 1. The third-order valence-electron chi connectivity index (χ3n) is 9.73. The molecule has 0 aromatic heterocycles. The molecule has 45 heavy (non-hydrogen) atoms. The molecule has 3 N–H and O–H groups in total. The first-order chi connectivity index (χ1) is 21.5. The predicted molar refractivity (Wildman–Crippen MR) is 158 cm³/mol. The average molecular weight is 631 g/mol. The Hall–Kier alpha value is -3.44. The molecule has 0 unspecified atom stereocenters. The lowest BCUT2D eigenvalue weighted by atomic mass is 9.83. The molecule has 0 spiro atoms. The van der Waals surface area contributed by atoms with Gasteiger partial charge in [0.15, 0.2) is 0 Å². The molecule has 0 aliphatic heterocycles. The van der Waals surface area contributed by atoms with Crippen LogP contribution in [0.15, 0.2) is 48.0 Å². The maximum atomic E-state index is 13.9. The Labute approximate surface area is 259 Å². The van der Waals surface area contributed by atoms with Gasteiger partial charge in [-0.05, 0) is 99.1 Å². The van der Waals surface area contributed by atoms with Gasteiger partial charge in [0.2, 0.25) is 5.91 Å². The van der Waals surface area contributed by atoms with Gasteiger partial charge in [-0.15, -0.1) is 0 Å². The van der Waals surface area contributed by atoms with Crippen molar-refractivity contribution in [2.24, 2.45) is 23.7 Å². The molecule has 2 bridgehead atoms. The molecule has 4 aliphatic carbocycles. The molecule has 0 saturated heterocycles. The number of aliphatic hydroxyl groups excluding tert-OH is 1. The molecule has 2 aromatic rings. The summed E-state index contributed by atoms with van der Waals surface area (Å²) in [6, 6.07) is 7.07. The van der Waals surface area contributed by atoms with E-state index >= 15 is 0 Å². The summed E-state index contributed by atoms with van der Waals surface area (Å²) in [5, 5.41) is 15.4. The summed E-state index contributed by atoms with van der Waals surface area (Å²) < 4.78 is 65.5. The highest BCUT2D eigenvalue weighted by atomic mass is 19.4. The minimum atomic E-state index is -4.91. The van der Waals surface area contributed by atoms with E-state index in [1.807, 2.05) is 6.07 Å². The van der Waals surface area contributed by atoms with E-state index in [1.165, 1.54) is 7.11 Å². The molecule has 11 heteroatoms. The molecule has 0 radical (unpaired) electrons. The van der Waals surface area contributed by atoms with Crippen molar-refractivity contribution in [2.45, 2.75) is 82.4 Å². The van der Waals surface area contributed by atoms with Gasteiger partial charge in [-0.1, -0.05) is 17.7 Å². The van der Waals surface area contributed by atoms with Gasteiger partial charge in [0.25, 0.3) is 5.91 Å². The molecule has 0 heterocycles. The highest BCUT2D eigenvalue weighted by Gasteiger charge is 2.55. The van der Waals surface area contributed by atoms with Gasteiger partial charge in [-0.3, -0.25) is 9.59 Å². The van der Waals surface area contributed by atoms with Gasteiger partial charge in [0.05, 0.1) is 43.0 Å². The summed E-state index contributed by atoms with van der Waals surface area (Å²) in [5.41, 5.74) is 0.589. The zero-order chi connectivity index (χ0) is 31.9. The minimum Gasteiger partial charge on any atom is -0.496 e. The number of benzene rings is 2. The molecule has 4 atom stereocenters. The molecule has 4 saturated carbocycles. The molecule has 4 fully saturated rings. The van der Waals surface area contributed by atoms with E-state index in [-0.39, 0.29) is 36.3 Å². The standard InChI is InChI=1S/C34H38F4N2O5/c1-44-29-13-4-19(17-45-22-8-6-21(41)7-9-22)15-26(29)32(42)40-31-24-11-10-23(25(24)14-18-2-3-18)30(31)33(43)39-20-5-12-28(35)27(16-20)34(36,37)38/h4-5,12-16,18,21-24,30-31,41H,2-3,6-11,17H2,1H3,(H,39,43)(H,40,42)/b25-14-/t21?,22?,23-,24+,30-,31+/m0/s1. The number of amides is 2. The fourth-order valence-corrected chi connectivity index (χ4v) is 7.28. The summed E-state index contributed by atoms with van der Waals surface area (Å²) in [6.07, 6.45) is 3.64. The lowest BCUT2D eigenvalue weighted by Crippen LogP contribution is -2.48. The van der Waals surface area contributed by atoms with Gasteiger partial charge < -0.3 is 25.2 Å². The van der Waals surface area contributed by atoms with E-state index in [0.717, 1.165) is 55.7 Å². The highest BCUT2D eigenvalue weighted by molar-refractivity contribution is 5.99. The Morgan fingerprint density at radius 2 is 1.71 bits per heavy atom. The van der Waals surface area contributed by atoms with E-state index in [0.29, 0.717) is 42.2 Å². The number of hydrogen-bond donors (Lipinski definition) is 3. The molecule has 7 nitrogen and oxygen atoms in total. The van der Waals surface area contributed by atoms with Gasteiger partial charge in [-0.2, -0.15) is 13.2 Å². The lowest BCUT2D eigenvalue weighted by molar-refractivity contribution is -0.140. The maximum Gasteiger partial charge on any atom is 0.419 e. The number of rotatable bonds is 9. The van der Waals surface area contributed by atoms with Crippen molar-refractivity contribution in [3.8, 4) is 5.75 Å². The van der Waals surface area contributed by atoms with Crippen LogP contribution in [0.1, 0.15) is 72.9 Å². The van der Waals surface area contributed by atoms with Crippen LogP contribution in [0, 0.1) is 29.5 Å². The van der Waals surface area contributed by atoms with Crippen LogP contribution in [0.4, 0.5) is 23.2 Å². The predicted octanol–water partition coefficient (Wildman–Crippen LogP) is 6.40. The number of alkyl halides is 3. The monoisotopic (exact) mass is 630 g/mol. The van der Waals surface area contributed by atoms with Gasteiger partial charge in [-0.25, -0.2) is 4.39 Å². The molecule has 2 amide bonds. The normalized spacial score (nSPS) is 28.7. The van der Waals surface area contributed by atoms with Crippen molar-refractivity contribution in [1.82, 2.24) is 5.32 Å². The van der Waals surface area contributed by atoms with E-state index in [1.54, 1.807) is 12.1 Å². The topological polar surface area (TPSA) is 96.9 Å². The summed E-state index contributed by atoms with van der Waals surface area (Å²) >= 11 is 0. The van der Waals surface area contributed by atoms with E-state index in [4.69, 9.17) is 9.47 Å².